The third-order valence-electron chi connectivity index (χ3n) is 5.06. The van der Waals surface area contributed by atoms with Crippen molar-refractivity contribution in [2.45, 2.75) is 45.6 Å². The highest BCUT2D eigenvalue weighted by molar-refractivity contribution is 5.84. The highest BCUT2D eigenvalue weighted by Crippen LogP contribution is 2.35. The fourth-order valence-corrected chi connectivity index (χ4v) is 3.33. The van der Waals surface area contributed by atoms with Gasteiger partial charge in [-0.2, -0.15) is 0 Å². The van der Waals surface area contributed by atoms with E-state index in [2.05, 4.69) is 6.92 Å². The van der Waals surface area contributed by atoms with Crippen molar-refractivity contribution in [3.8, 4) is 0 Å². The third kappa shape index (κ3) is 2.61. The molecule has 1 aliphatic carbocycles. The van der Waals surface area contributed by atoms with Crippen LogP contribution in [0.2, 0.25) is 0 Å². The lowest BCUT2D eigenvalue weighted by atomic mass is 9.76. The van der Waals surface area contributed by atoms with Crippen LogP contribution in [0.15, 0.2) is 0 Å². The van der Waals surface area contributed by atoms with Gasteiger partial charge in [-0.15, -0.1) is 0 Å². The van der Waals surface area contributed by atoms with Gasteiger partial charge in [-0.05, 0) is 32.1 Å². The summed E-state index contributed by atoms with van der Waals surface area (Å²) in [6.07, 6.45) is 3.60. The smallest absolute Gasteiger partial charge is 0.226 e. The van der Waals surface area contributed by atoms with Gasteiger partial charge < -0.3 is 16.4 Å². The summed E-state index contributed by atoms with van der Waals surface area (Å²) in [7, 11) is 0. The number of likely N-dealkylation sites (tertiary alicyclic amines) is 1. The molecule has 108 valence electrons. The minimum Gasteiger partial charge on any atom is -0.369 e. The zero-order valence-electron chi connectivity index (χ0n) is 11.9. The quantitative estimate of drug-likeness (QED) is 0.762. The van der Waals surface area contributed by atoms with Gasteiger partial charge in [-0.3, -0.25) is 9.59 Å². The Kier molecular flexibility index (Phi) is 3.85. The van der Waals surface area contributed by atoms with Crippen molar-refractivity contribution >= 4 is 11.8 Å². The molecule has 2 amide bonds. The molecule has 5 heteroatoms. The second-order valence-electron chi connectivity index (χ2n) is 6.50. The Hall–Kier alpha value is -1.10. The molecule has 0 aromatic heterocycles. The number of carbonyl (C=O) groups excluding carboxylic acids is 2. The zero-order chi connectivity index (χ0) is 14.2. The van der Waals surface area contributed by atoms with Gasteiger partial charge in [0, 0.05) is 25.0 Å². The summed E-state index contributed by atoms with van der Waals surface area (Å²) < 4.78 is 0. The molecule has 0 spiro atoms. The number of primary amides is 1. The Bertz CT molecular complexity index is 385. The standard InChI is InChI=1S/C14H25N3O2/c1-9-10(4-3-5-11(9)15)12(18)17-7-6-14(2,8-17)13(16)19/h9-11H,3-8,15H2,1-2H3,(H2,16,19). The number of nitrogens with zero attached hydrogens (tertiary/aromatic N) is 1. The van der Waals surface area contributed by atoms with Crippen LogP contribution >= 0.6 is 0 Å². The Labute approximate surface area is 114 Å². The van der Waals surface area contributed by atoms with E-state index < -0.39 is 5.41 Å². The summed E-state index contributed by atoms with van der Waals surface area (Å²) in [5.74, 6) is 0.0875. The normalized spacial score (nSPS) is 39.3. The van der Waals surface area contributed by atoms with E-state index in [-0.39, 0.29) is 29.7 Å². The molecule has 1 aliphatic heterocycles. The lowest BCUT2D eigenvalue weighted by molar-refractivity contribution is -0.138. The lowest BCUT2D eigenvalue weighted by Crippen LogP contribution is -2.46. The maximum Gasteiger partial charge on any atom is 0.226 e. The van der Waals surface area contributed by atoms with Crippen molar-refractivity contribution in [2.24, 2.45) is 28.7 Å². The van der Waals surface area contributed by atoms with Crippen LogP contribution in [0.3, 0.4) is 0 Å². The molecule has 19 heavy (non-hydrogen) atoms. The summed E-state index contributed by atoms with van der Waals surface area (Å²) in [6, 6.07) is 0.118. The van der Waals surface area contributed by atoms with Gasteiger partial charge in [-0.25, -0.2) is 0 Å². The first kappa shape index (κ1) is 14.3. The van der Waals surface area contributed by atoms with Gasteiger partial charge in [0.15, 0.2) is 0 Å². The van der Waals surface area contributed by atoms with E-state index in [1.807, 2.05) is 11.8 Å². The summed E-state index contributed by atoms with van der Waals surface area (Å²) in [5, 5.41) is 0. The molecule has 5 nitrogen and oxygen atoms in total. The van der Waals surface area contributed by atoms with Gasteiger partial charge in [0.1, 0.15) is 0 Å². The SMILES string of the molecule is CC1C(N)CCCC1C(=O)N1CCC(C)(C(N)=O)C1. The minimum absolute atomic E-state index is 0.0129. The molecule has 2 rings (SSSR count). The fourth-order valence-electron chi connectivity index (χ4n) is 3.33. The molecule has 1 heterocycles. The third-order valence-corrected chi connectivity index (χ3v) is 5.06. The summed E-state index contributed by atoms with van der Waals surface area (Å²) in [4.78, 5) is 25.8. The van der Waals surface area contributed by atoms with Gasteiger partial charge >= 0.3 is 0 Å². The van der Waals surface area contributed by atoms with Crippen molar-refractivity contribution in [3.05, 3.63) is 0 Å². The fraction of sp³-hybridized carbons (Fsp3) is 0.857. The average Bonchev–Trinajstić information content (AvgIpc) is 2.76. The van der Waals surface area contributed by atoms with E-state index in [1.54, 1.807) is 0 Å². The molecular weight excluding hydrogens is 242 g/mol. The Morgan fingerprint density at radius 3 is 2.58 bits per heavy atom. The van der Waals surface area contributed by atoms with Crippen LogP contribution in [0.4, 0.5) is 0 Å². The van der Waals surface area contributed by atoms with E-state index in [4.69, 9.17) is 11.5 Å². The van der Waals surface area contributed by atoms with Crippen LogP contribution in [0.25, 0.3) is 0 Å². The van der Waals surface area contributed by atoms with Crippen LogP contribution in [-0.4, -0.2) is 35.8 Å². The van der Waals surface area contributed by atoms with Crippen LogP contribution in [0, 0.1) is 17.3 Å². The first-order valence-electron chi connectivity index (χ1n) is 7.19. The first-order chi connectivity index (χ1) is 8.85. The first-order valence-corrected chi connectivity index (χ1v) is 7.19. The van der Waals surface area contributed by atoms with Crippen molar-refractivity contribution in [1.29, 1.82) is 0 Å². The van der Waals surface area contributed by atoms with Gasteiger partial charge in [0.05, 0.1) is 5.41 Å². The van der Waals surface area contributed by atoms with E-state index in [1.165, 1.54) is 0 Å². The number of hydrogen-bond donors (Lipinski definition) is 2. The molecule has 2 aliphatic rings. The van der Waals surface area contributed by atoms with E-state index >= 15 is 0 Å². The molecule has 1 saturated carbocycles. The van der Waals surface area contributed by atoms with Crippen molar-refractivity contribution < 1.29 is 9.59 Å². The molecule has 0 bridgehead atoms. The van der Waals surface area contributed by atoms with E-state index in [0.717, 1.165) is 19.3 Å². The summed E-state index contributed by atoms with van der Waals surface area (Å²) in [5.41, 5.74) is 10.9. The highest BCUT2D eigenvalue weighted by Gasteiger charge is 2.43. The predicted octanol–water partition coefficient (Wildman–Crippen LogP) is 0.474. The Balaban J connectivity index is 2.03. The van der Waals surface area contributed by atoms with Crippen LogP contribution in [-0.2, 0) is 9.59 Å². The number of amides is 2. The molecule has 0 aromatic rings. The Morgan fingerprint density at radius 2 is 2.00 bits per heavy atom. The second-order valence-corrected chi connectivity index (χ2v) is 6.50. The molecular formula is C14H25N3O2. The molecule has 0 radical (unpaired) electrons. The minimum atomic E-state index is -0.560. The van der Waals surface area contributed by atoms with Crippen LogP contribution in [0.5, 0.6) is 0 Å². The van der Waals surface area contributed by atoms with Crippen LogP contribution < -0.4 is 11.5 Å². The highest BCUT2D eigenvalue weighted by atomic mass is 16.2. The van der Waals surface area contributed by atoms with Crippen molar-refractivity contribution in [3.63, 3.8) is 0 Å². The van der Waals surface area contributed by atoms with Gasteiger partial charge in [-0.1, -0.05) is 13.3 Å². The largest absolute Gasteiger partial charge is 0.369 e. The number of carbonyl (C=O) groups is 2. The topological polar surface area (TPSA) is 89.4 Å². The average molecular weight is 267 g/mol. The monoisotopic (exact) mass is 267 g/mol. The predicted molar refractivity (Wildman–Crippen MR) is 73.0 cm³/mol. The number of hydrogen-bond acceptors (Lipinski definition) is 3. The molecule has 2 fully saturated rings. The van der Waals surface area contributed by atoms with E-state index in [0.29, 0.717) is 19.5 Å². The van der Waals surface area contributed by atoms with Gasteiger partial charge in [0.25, 0.3) is 0 Å². The maximum atomic E-state index is 12.6. The molecule has 1 saturated heterocycles. The summed E-state index contributed by atoms with van der Waals surface area (Å²) >= 11 is 0. The number of rotatable bonds is 2. The molecule has 4 unspecified atom stereocenters. The van der Waals surface area contributed by atoms with Crippen molar-refractivity contribution in [2.75, 3.05) is 13.1 Å². The zero-order valence-corrected chi connectivity index (χ0v) is 11.9. The molecule has 0 aromatic carbocycles. The molecule has 4 N–H and O–H groups in total. The second kappa shape index (κ2) is 5.12. The van der Waals surface area contributed by atoms with Gasteiger partial charge in [0.2, 0.25) is 11.8 Å². The van der Waals surface area contributed by atoms with Crippen LogP contribution in [0.1, 0.15) is 39.5 Å². The number of nitrogens with two attached hydrogens (primary N) is 2. The lowest BCUT2D eigenvalue weighted by Gasteiger charge is -2.35. The summed E-state index contributed by atoms with van der Waals surface area (Å²) in [6.45, 7) is 5.00. The Morgan fingerprint density at radius 1 is 1.32 bits per heavy atom. The van der Waals surface area contributed by atoms with Crippen molar-refractivity contribution in [1.82, 2.24) is 4.90 Å². The maximum absolute atomic E-state index is 12.6. The molecule has 4 atom stereocenters. The van der Waals surface area contributed by atoms with E-state index in [9.17, 15) is 9.59 Å².